The predicted octanol–water partition coefficient (Wildman–Crippen LogP) is 5.37. The minimum Gasteiger partial charge on any atom is -0.321 e. The van der Waals surface area contributed by atoms with Gasteiger partial charge in [0, 0.05) is 11.6 Å². The molecule has 0 aliphatic rings. The summed E-state index contributed by atoms with van der Waals surface area (Å²) in [6.45, 7) is 0. The van der Waals surface area contributed by atoms with Crippen LogP contribution in [0.1, 0.15) is 10.4 Å². The average Bonchev–Trinajstić information content (AvgIpc) is 3.28. The summed E-state index contributed by atoms with van der Waals surface area (Å²) in [5, 5.41) is 5.99. The molecule has 3 aromatic carbocycles. The summed E-state index contributed by atoms with van der Waals surface area (Å²) in [7, 11) is 0. The molecular formula is C26H17N5O. The second kappa shape index (κ2) is 7.28. The number of carbonyl (C=O) groups is 1. The Morgan fingerprint density at radius 2 is 1.66 bits per heavy atom. The van der Waals surface area contributed by atoms with Gasteiger partial charge in [0.15, 0.2) is 0 Å². The Labute approximate surface area is 183 Å². The van der Waals surface area contributed by atoms with Gasteiger partial charge in [0.2, 0.25) is 0 Å². The minimum atomic E-state index is -0.220. The Bertz CT molecular complexity index is 1620. The smallest absolute Gasteiger partial charge is 0.257 e. The summed E-state index contributed by atoms with van der Waals surface area (Å²) in [5.74, 6) is 0.511. The third kappa shape index (κ3) is 2.97. The molecule has 0 radical (unpaired) electrons. The van der Waals surface area contributed by atoms with Gasteiger partial charge in [0.1, 0.15) is 12.1 Å². The first-order valence-electron chi connectivity index (χ1n) is 10.2. The van der Waals surface area contributed by atoms with Crippen molar-refractivity contribution in [2.75, 3.05) is 5.32 Å². The van der Waals surface area contributed by atoms with Crippen LogP contribution in [-0.2, 0) is 0 Å². The van der Waals surface area contributed by atoms with E-state index in [1.807, 2.05) is 83.4 Å². The molecule has 1 N–H and O–H groups in total. The highest BCUT2D eigenvalue weighted by molar-refractivity contribution is 6.18. The number of rotatable bonds is 3. The zero-order valence-electron chi connectivity index (χ0n) is 16.9. The van der Waals surface area contributed by atoms with Crippen LogP contribution in [0, 0.1) is 0 Å². The molecule has 6 rings (SSSR count). The summed E-state index contributed by atoms with van der Waals surface area (Å²) in [6.07, 6.45) is 5.11. The molecular weight excluding hydrogens is 398 g/mol. The van der Waals surface area contributed by atoms with E-state index in [0.717, 1.165) is 33.0 Å². The summed E-state index contributed by atoms with van der Waals surface area (Å²) < 4.78 is 1.92. The van der Waals surface area contributed by atoms with Gasteiger partial charge in [-0.1, -0.05) is 42.5 Å². The van der Waals surface area contributed by atoms with E-state index in [4.69, 9.17) is 0 Å². The summed E-state index contributed by atoms with van der Waals surface area (Å²) in [5.41, 5.74) is 3.70. The normalized spacial score (nSPS) is 11.2. The van der Waals surface area contributed by atoms with E-state index in [1.165, 1.54) is 0 Å². The van der Waals surface area contributed by atoms with Crippen molar-refractivity contribution < 1.29 is 4.79 Å². The third-order valence-corrected chi connectivity index (χ3v) is 5.56. The number of fused-ring (bicyclic) bond motifs is 4. The number of aromatic nitrogens is 4. The Morgan fingerprint density at radius 3 is 2.56 bits per heavy atom. The predicted molar refractivity (Wildman–Crippen MR) is 126 cm³/mol. The Morgan fingerprint density at radius 1 is 0.812 bits per heavy atom. The van der Waals surface area contributed by atoms with Gasteiger partial charge >= 0.3 is 0 Å². The first kappa shape index (κ1) is 18.2. The Balaban J connectivity index is 1.34. The second-order valence-corrected chi connectivity index (χ2v) is 7.51. The van der Waals surface area contributed by atoms with Gasteiger partial charge in [0.05, 0.1) is 34.0 Å². The number of nitrogens with zero attached hydrogens (tertiary/aromatic N) is 4. The number of carbonyl (C=O) groups excluding carboxylic acids is 1. The molecule has 6 aromatic rings. The number of imidazole rings is 1. The molecule has 0 aliphatic carbocycles. The molecule has 32 heavy (non-hydrogen) atoms. The molecule has 152 valence electrons. The fourth-order valence-corrected chi connectivity index (χ4v) is 4.05. The fraction of sp³-hybridized carbons (Fsp3) is 0. The van der Waals surface area contributed by atoms with Crippen LogP contribution >= 0.6 is 0 Å². The highest BCUT2D eigenvalue weighted by Crippen LogP contribution is 2.28. The van der Waals surface area contributed by atoms with E-state index in [-0.39, 0.29) is 5.91 Å². The number of pyridine rings is 2. The first-order valence-corrected chi connectivity index (χ1v) is 10.2. The molecule has 0 fully saturated rings. The van der Waals surface area contributed by atoms with Gasteiger partial charge in [-0.05, 0) is 47.2 Å². The molecule has 1 amide bonds. The van der Waals surface area contributed by atoms with Gasteiger partial charge < -0.3 is 5.32 Å². The van der Waals surface area contributed by atoms with Crippen LogP contribution in [0.15, 0.2) is 97.6 Å². The average molecular weight is 415 g/mol. The van der Waals surface area contributed by atoms with Crippen LogP contribution in [0.4, 0.5) is 5.69 Å². The van der Waals surface area contributed by atoms with Crippen LogP contribution in [0.25, 0.3) is 38.5 Å². The standard InChI is InChI=1S/C26H17N5O/c32-26(21-14-17-6-1-2-7-19(17)20-8-5-13-27-25(20)21)30-18-11-12-24(28-15-18)31-16-29-22-9-3-4-10-23(22)31/h1-16H,(H,30,32). The van der Waals surface area contributed by atoms with E-state index < -0.39 is 0 Å². The molecule has 0 saturated heterocycles. The van der Waals surface area contributed by atoms with Crippen LogP contribution in [-0.4, -0.2) is 25.4 Å². The monoisotopic (exact) mass is 415 g/mol. The van der Waals surface area contributed by atoms with Crippen molar-refractivity contribution in [3.8, 4) is 5.82 Å². The van der Waals surface area contributed by atoms with Crippen molar-refractivity contribution >= 4 is 44.3 Å². The number of benzene rings is 3. The van der Waals surface area contributed by atoms with E-state index in [0.29, 0.717) is 16.8 Å². The van der Waals surface area contributed by atoms with Crippen molar-refractivity contribution in [1.29, 1.82) is 0 Å². The van der Waals surface area contributed by atoms with Crippen LogP contribution in [0.5, 0.6) is 0 Å². The highest BCUT2D eigenvalue weighted by atomic mass is 16.1. The van der Waals surface area contributed by atoms with Gasteiger partial charge in [-0.15, -0.1) is 0 Å². The largest absolute Gasteiger partial charge is 0.321 e. The van der Waals surface area contributed by atoms with Crippen LogP contribution in [0.3, 0.4) is 0 Å². The molecule has 3 heterocycles. The van der Waals surface area contributed by atoms with Gasteiger partial charge in [0.25, 0.3) is 5.91 Å². The van der Waals surface area contributed by atoms with Crippen molar-refractivity contribution in [2.45, 2.75) is 0 Å². The molecule has 0 saturated carbocycles. The number of hydrogen-bond donors (Lipinski definition) is 1. The number of amides is 1. The van der Waals surface area contributed by atoms with Gasteiger partial charge in [-0.3, -0.25) is 14.3 Å². The maximum atomic E-state index is 13.2. The van der Waals surface area contributed by atoms with E-state index in [9.17, 15) is 4.79 Å². The quantitative estimate of drug-likeness (QED) is 0.394. The maximum Gasteiger partial charge on any atom is 0.257 e. The molecule has 0 unspecified atom stereocenters. The lowest BCUT2D eigenvalue weighted by molar-refractivity contribution is 0.102. The number of nitrogens with one attached hydrogen (secondary N) is 1. The van der Waals surface area contributed by atoms with E-state index in [1.54, 1.807) is 18.7 Å². The van der Waals surface area contributed by atoms with Crippen molar-refractivity contribution in [3.05, 3.63) is 103 Å². The topological polar surface area (TPSA) is 72.7 Å². The summed E-state index contributed by atoms with van der Waals surface area (Å²) >= 11 is 0. The van der Waals surface area contributed by atoms with Crippen LogP contribution < -0.4 is 5.32 Å². The molecule has 3 aromatic heterocycles. The molecule has 0 aliphatic heterocycles. The lowest BCUT2D eigenvalue weighted by atomic mass is 10.0. The highest BCUT2D eigenvalue weighted by Gasteiger charge is 2.15. The second-order valence-electron chi connectivity index (χ2n) is 7.51. The lowest BCUT2D eigenvalue weighted by Crippen LogP contribution is -2.13. The number of hydrogen-bond acceptors (Lipinski definition) is 4. The number of para-hydroxylation sites is 2. The lowest BCUT2D eigenvalue weighted by Gasteiger charge is -2.11. The Kier molecular flexibility index (Phi) is 4.14. The molecule has 6 heteroatoms. The Hall–Kier alpha value is -4.58. The molecule has 0 spiro atoms. The van der Waals surface area contributed by atoms with Crippen molar-refractivity contribution in [2.24, 2.45) is 0 Å². The molecule has 0 bridgehead atoms. The summed E-state index contributed by atoms with van der Waals surface area (Å²) in [4.78, 5) is 26.6. The minimum absolute atomic E-state index is 0.220. The zero-order chi connectivity index (χ0) is 21.5. The fourth-order valence-electron chi connectivity index (χ4n) is 4.05. The van der Waals surface area contributed by atoms with Crippen LogP contribution in [0.2, 0.25) is 0 Å². The van der Waals surface area contributed by atoms with Gasteiger partial charge in [-0.2, -0.15) is 0 Å². The van der Waals surface area contributed by atoms with Crippen molar-refractivity contribution in [3.63, 3.8) is 0 Å². The zero-order valence-corrected chi connectivity index (χ0v) is 16.9. The van der Waals surface area contributed by atoms with E-state index >= 15 is 0 Å². The molecule has 6 nitrogen and oxygen atoms in total. The first-order chi connectivity index (χ1) is 15.8. The van der Waals surface area contributed by atoms with E-state index in [2.05, 4.69) is 20.3 Å². The summed E-state index contributed by atoms with van der Waals surface area (Å²) in [6, 6.07) is 25.4. The third-order valence-electron chi connectivity index (χ3n) is 5.56. The van der Waals surface area contributed by atoms with Crippen molar-refractivity contribution in [1.82, 2.24) is 19.5 Å². The number of anilines is 1. The SMILES string of the molecule is O=C(Nc1ccc(-n2cnc3ccccc32)nc1)c1cc2ccccc2c2cccnc12. The molecule has 0 atom stereocenters. The van der Waals surface area contributed by atoms with Gasteiger partial charge in [-0.25, -0.2) is 9.97 Å². The maximum absolute atomic E-state index is 13.2.